The molecule has 0 aliphatic heterocycles. The number of hydrogen-bond acceptors (Lipinski definition) is 4. The molecule has 156 valence electrons. The van der Waals surface area contributed by atoms with Crippen molar-refractivity contribution in [2.75, 3.05) is 5.32 Å². The van der Waals surface area contributed by atoms with E-state index in [2.05, 4.69) is 20.9 Å². The maximum absolute atomic E-state index is 12.1. The topological polar surface area (TPSA) is 71.6 Å². The van der Waals surface area contributed by atoms with Crippen molar-refractivity contribution >= 4 is 52.1 Å². The molecule has 0 aliphatic carbocycles. The van der Waals surface area contributed by atoms with Crippen LogP contribution in [0.5, 0.6) is 11.5 Å². The lowest BCUT2D eigenvalue weighted by Crippen LogP contribution is -2.48. The largest absolute Gasteiger partial charge is 0.573 e. The Morgan fingerprint density at radius 3 is 2.34 bits per heavy atom. The summed E-state index contributed by atoms with van der Waals surface area (Å²) in [5.74, 6) is -0.642. The molecular formula is C17H14Cl2F3N3O3S. The third kappa shape index (κ3) is 7.84. The van der Waals surface area contributed by atoms with Crippen LogP contribution >= 0.6 is 35.4 Å². The van der Waals surface area contributed by atoms with Gasteiger partial charge in [-0.25, -0.2) is 0 Å². The fourth-order valence-electron chi connectivity index (χ4n) is 1.94. The summed E-state index contributed by atoms with van der Waals surface area (Å²) in [7, 11) is 0. The van der Waals surface area contributed by atoms with Gasteiger partial charge >= 0.3 is 6.36 Å². The van der Waals surface area contributed by atoms with Crippen molar-refractivity contribution < 1.29 is 27.4 Å². The van der Waals surface area contributed by atoms with Gasteiger partial charge in [-0.1, -0.05) is 23.2 Å². The quantitative estimate of drug-likeness (QED) is 0.438. The number of amides is 1. The van der Waals surface area contributed by atoms with E-state index in [1.54, 1.807) is 6.07 Å². The first-order valence-corrected chi connectivity index (χ1v) is 9.04. The van der Waals surface area contributed by atoms with Gasteiger partial charge in [0.15, 0.2) is 11.2 Å². The molecule has 2 aromatic rings. The van der Waals surface area contributed by atoms with Crippen molar-refractivity contribution in [1.82, 2.24) is 10.9 Å². The Labute approximate surface area is 179 Å². The predicted molar refractivity (Wildman–Crippen MR) is 107 cm³/mol. The number of benzene rings is 2. The standard InChI is InChI=1S/C17H14Cl2F3N3O3S/c1-9(27-14-7-2-10(18)8-13(14)19)15(26)24-25-16(29)23-11-3-5-12(6-4-11)28-17(20,21)22/h2-9H,1H3,(H,24,26)(H2,23,25,29)/t9-/m1/s1. The van der Waals surface area contributed by atoms with Gasteiger partial charge in [-0.3, -0.25) is 15.6 Å². The molecule has 0 aromatic heterocycles. The third-order valence-electron chi connectivity index (χ3n) is 3.21. The van der Waals surface area contributed by atoms with Crippen LogP contribution in [-0.2, 0) is 4.79 Å². The van der Waals surface area contributed by atoms with Crippen LogP contribution in [0.25, 0.3) is 0 Å². The van der Waals surface area contributed by atoms with Gasteiger partial charge in [0.25, 0.3) is 5.91 Å². The van der Waals surface area contributed by atoms with E-state index >= 15 is 0 Å². The van der Waals surface area contributed by atoms with E-state index in [9.17, 15) is 18.0 Å². The maximum Gasteiger partial charge on any atom is 0.573 e. The first kappa shape index (κ1) is 22.9. The summed E-state index contributed by atoms with van der Waals surface area (Å²) >= 11 is 16.8. The van der Waals surface area contributed by atoms with Crippen LogP contribution in [0, 0.1) is 0 Å². The minimum atomic E-state index is -4.77. The summed E-state index contributed by atoms with van der Waals surface area (Å²) in [5.41, 5.74) is 5.16. The van der Waals surface area contributed by atoms with E-state index in [1.165, 1.54) is 31.2 Å². The Balaban J connectivity index is 1.81. The number of carbonyl (C=O) groups is 1. The summed E-state index contributed by atoms with van der Waals surface area (Å²) in [4.78, 5) is 12.1. The molecule has 0 saturated heterocycles. The number of nitrogens with one attached hydrogen (secondary N) is 3. The molecule has 6 nitrogen and oxygen atoms in total. The van der Waals surface area contributed by atoms with E-state index in [4.69, 9.17) is 40.2 Å². The number of ether oxygens (including phenoxy) is 2. The van der Waals surface area contributed by atoms with Gasteiger partial charge < -0.3 is 14.8 Å². The normalized spacial score (nSPS) is 11.9. The molecule has 0 fully saturated rings. The Hall–Kier alpha value is -2.43. The average Bonchev–Trinajstić information content (AvgIpc) is 2.62. The summed E-state index contributed by atoms with van der Waals surface area (Å²) in [6, 6.07) is 9.45. The second-order valence-electron chi connectivity index (χ2n) is 5.48. The highest BCUT2D eigenvalue weighted by Crippen LogP contribution is 2.28. The Bertz CT molecular complexity index is 882. The molecule has 2 aromatic carbocycles. The number of rotatable bonds is 5. The first-order chi connectivity index (χ1) is 13.5. The molecule has 3 N–H and O–H groups in total. The van der Waals surface area contributed by atoms with Crippen LogP contribution in [0.4, 0.5) is 18.9 Å². The molecule has 1 amide bonds. The molecule has 0 aliphatic rings. The van der Waals surface area contributed by atoms with Crippen LogP contribution in [0.15, 0.2) is 42.5 Å². The lowest BCUT2D eigenvalue weighted by atomic mass is 10.3. The number of hydrazine groups is 1. The van der Waals surface area contributed by atoms with Gasteiger partial charge in [-0.05, 0) is 61.6 Å². The lowest BCUT2D eigenvalue weighted by Gasteiger charge is -2.17. The van der Waals surface area contributed by atoms with Gasteiger partial charge in [0.2, 0.25) is 0 Å². The van der Waals surface area contributed by atoms with Gasteiger partial charge in [0, 0.05) is 10.7 Å². The van der Waals surface area contributed by atoms with Gasteiger partial charge in [-0.15, -0.1) is 13.2 Å². The monoisotopic (exact) mass is 467 g/mol. The minimum Gasteiger partial charge on any atom is -0.479 e. The van der Waals surface area contributed by atoms with E-state index in [1.807, 2.05) is 0 Å². The molecule has 0 unspecified atom stereocenters. The van der Waals surface area contributed by atoms with Crippen molar-refractivity contribution in [3.63, 3.8) is 0 Å². The molecule has 0 heterocycles. The number of hydrogen-bond donors (Lipinski definition) is 3. The molecule has 1 atom stereocenters. The van der Waals surface area contributed by atoms with Crippen LogP contribution in [0.3, 0.4) is 0 Å². The highest BCUT2D eigenvalue weighted by atomic mass is 35.5. The first-order valence-electron chi connectivity index (χ1n) is 7.88. The second kappa shape index (κ2) is 9.86. The van der Waals surface area contributed by atoms with E-state index in [-0.39, 0.29) is 21.6 Å². The number of anilines is 1. The maximum atomic E-state index is 12.1. The van der Waals surface area contributed by atoms with E-state index in [0.717, 1.165) is 12.1 Å². The number of halogens is 5. The fourth-order valence-corrected chi connectivity index (χ4v) is 2.56. The zero-order valence-corrected chi connectivity index (χ0v) is 17.0. The van der Waals surface area contributed by atoms with Crippen molar-refractivity contribution in [1.29, 1.82) is 0 Å². The summed E-state index contributed by atoms with van der Waals surface area (Å²) < 4.78 is 45.6. The zero-order valence-electron chi connectivity index (χ0n) is 14.6. The molecule has 12 heteroatoms. The molecule has 0 spiro atoms. The summed E-state index contributed by atoms with van der Waals surface area (Å²) in [5, 5.41) is 3.36. The summed E-state index contributed by atoms with van der Waals surface area (Å²) in [6.45, 7) is 1.50. The van der Waals surface area contributed by atoms with E-state index in [0.29, 0.717) is 10.7 Å². The highest BCUT2D eigenvalue weighted by Gasteiger charge is 2.30. The minimum absolute atomic E-state index is 0.000403. The van der Waals surface area contributed by atoms with Crippen LogP contribution in [-0.4, -0.2) is 23.5 Å². The number of carbonyl (C=O) groups excluding carboxylic acids is 1. The predicted octanol–water partition coefficient (Wildman–Crippen LogP) is 4.68. The van der Waals surface area contributed by atoms with Crippen molar-refractivity contribution in [3.05, 3.63) is 52.5 Å². The molecule has 0 saturated carbocycles. The average molecular weight is 468 g/mol. The molecule has 2 rings (SSSR count). The van der Waals surface area contributed by atoms with Crippen LogP contribution in [0.2, 0.25) is 10.0 Å². The molecule has 29 heavy (non-hydrogen) atoms. The molecular weight excluding hydrogens is 454 g/mol. The lowest BCUT2D eigenvalue weighted by molar-refractivity contribution is -0.274. The number of thiocarbonyl (C=S) groups is 1. The Morgan fingerprint density at radius 2 is 1.76 bits per heavy atom. The van der Waals surface area contributed by atoms with E-state index < -0.39 is 18.4 Å². The second-order valence-corrected chi connectivity index (χ2v) is 6.73. The van der Waals surface area contributed by atoms with Crippen LogP contribution < -0.4 is 25.6 Å². The Morgan fingerprint density at radius 1 is 1.10 bits per heavy atom. The molecule has 0 radical (unpaired) electrons. The SMILES string of the molecule is C[C@@H](Oc1ccc(Cl)cc1Cl)C(=O)NNC(=S)Nc1ccc(OC(F)(F)F)cc1. The van der Waals surface area contributed by atoms with Crippen molar-refractivity contribution in [2.45, 2.75) is 19.4 Å². The van der Waals surface area contributed by atoms with Crippen molar-refractivity contribution in [3.8, 4) is 11.5 Å². The third-order valence-corrected chi connectivity index (χ3v) is 3.95. The zero-order chi connectivity index (χ0) is 21.6. The summed E-state index contributed by atoms with van der Waals surface area (Å²) in [6.07, 6.45) is -5.69. The van der Waals surface area contributed by atoms with Gasteiger partial charge in [0.1, 0.15) is 11.5 Å². The fraction of sp³-hybridized carbons (Fsp3) is 0.176. The van der Waals surface area contributed by atoms with Crippen LogP contribution in [0.1, 0.15) is 6.92 Å². The highest BCUT2D eigenvalue weighted by molar-refractivity contribution is 7.80. The molecule has 0 bridgehead atoms. The smallest absolute Gasteiger partial charge is 0.479 e. The van der Waals surface area contributed by atoms with Gasteiger partial charge in [-0.2, -0.15) is 0 Å². The number of alkyl halides is 3. The van der Waals surface area contributed by atoms with Crippen molar-refractivity contribution in [2.24, 2.45) is 0 Å². The Kier molecular flexibility index (Phi) is 7.77. The van der Waals surface area contributed by atoms with Gasteiger partial charge in [0.05, 0.1) is 5.02 Å².